The molecule has 4 aromatic carbocycles. The van der Waals surface area contributed by atoms with Gasteiger partial charge in [-0.2, -0.15) is 0 Å². The highest BCUT2D eigenvalue weighted by atomic mass is 127. The molecule has 0 fully saturated rings. The van der Waals surface area contributed by atoms with Crippen LogP contribution in [-0.2, 0) is 15.3 Å². The number of halogens is 1. The zero-order valence-corrected chi connectivity index (χ0v) is 26.1. The van der Waals surface area contributed by atoms with Gasteiger partial charge < -0.3 is 9.47 Å². The van der Waals surface area contributed by atoms with Crippen LogP contribution in [-0.4, -0.2) is 25.7 Å². The van der Waals surface area contributed by atoms with Crippen molar-refractivity contribution >= 4 is 38.2 Å². The molecule has 40 heavy (non-hydrogen) atoms. The number of methoxy groups -OCH3 is 1. The van der Waals surface area contributed by atoms with E-state index in [1.807, 2.05) is 49.4 Å². The number of Topliss-reactive ketones (excluding diaryl/α,β-unsaturated/α-hetero) is 1. The topological polar surface area (TPSA) is 69.7 Å². The van der Waals surface area contributed by atoms with Crippen LogP contribution in [0.15, 0.2) is 101 Å². The normalized spacial score (nSPS) is 11.7. The SMILES string of the molecule is COc1ccc(C(C)(C)c2ccc(Oc3ccc(S(=O)(=O)c4ccc(C)cc4)cc3)c(C(=O)CCCI)c2)cc1. The molecule has 4 rings (SSSR count). The molecule has 0 aliphatic carbocycles. The molecule has 7 heteroatoms. The van der Waals surface area contributed by atoms with E-state index in [4.69, 9.17) is 9.47 Å². The average Bonchev–Trinajstić information content (AvgIpc) is 2.96. The highest BCUT2D eigenvalue weighted by Crippen LogP contribution is 2.37. The molecule has 0 saturated heterocycles. The third-order valence-corrected chi connectivity index (χ3v) is 9.59. The monoisotopic (exact) mass is 668 g/mol. The molecule has 0 aliphatic rings. The second-order valence-corrected chi connectivity index (χ2v) is 13.2. The summed E-state index contributed by atoms with van der Waals surface area (Å²) in [6.07, 6.45) is 1.19. The number of rotatable bonds is 11. The third kappa shape index (κ3) is 6.58. The van der Waals surface area contributed by atoms with Crippen molar-refractivity contribution in [3.63, 3.8) is 0 Å². The maximum absolute atomic E-state index is 13.3. The molecule has 0 saturated carbocycles. The molecule has 0 atom stereocenters. The van der Waals surface area contributed by atoms with E-state index in [1.54, 1.807) is 43.5 Å². The maximum Gasteiger partial charge on any atom is 0.206 e. The lowest BCUT2D eigenvalue weighted by Crippen LogP contribution is -2.19. The first-order chi connectivity index (χ1) is 19.1. The predicted molar refractivity (Wildman–Crippen MR) is 167 cm³/mol. The highest BCUT2D eigenvalue weighted by Gasteiger charge is 2.26. The molecule has 0 aromatic heterocycles. The zero-order valence-electron chi connectivity index (χ0n) is 23.1. The number of carbonyl (C=O) groups is 1. The molecule has 0 radical (unpaired) electrons. The van der Waals surface area contributed by atoms with E-state index < -0.39 is 9.84 Å². The van der Waals surface area contributed by atoms with E-state index in [-0.39, 0.29) is 21.0 Å². The molecule has 4 aromatic rings. The fourth-order valence-electron chi connectivity index (χ4n) is 4.43. The largest absolute Gasteiger partial charge is 0.497 e. The molecule has 208 valence electrons. The van der Waals surface area contributed by atoms with Gasteiger partial charge >= 0.3 is 0 Å². The summed E-state index contributed by atoms with van der Waals surface area (Å²) in [6, 6.07) is 26.7. The minimum Gasteiger partial charge on any atom is -0.497 e. The quantitative estimate of drug-likeness (QED) is 0.0913. The van der Waals surface area contributed by atoms with E-state index in [0.717, 1.165) is 33.3 Å². The van der Waals surface area contributed by atoms with Gasteiger partial charge in [-0.15, -0.1) is 0 Å². The van der Waals surface area contributed by atoms with Crippen molar-refractivity contribution in [1.82, 2.24) is 0 Å². The number of ether oxygens (including phenoxy) is 2. The van der Waals surface area contributed by atoms with E-state index in [2.05, 4.69) is 36.4 Å². The Morgan fingerprint density at radius 2 is 1.35 bits per heavy atom. The van der Waals surface area contributed by atoms with Crippen molar-refractivity contribution in [2.24, 2.45) is 0 Å². The van der Waals surface area contributed by atoms with Gasteiger partial charge in [0.2, 0.25) is 9.84 Å². The number of benzene rings is 4. The summed E-state index contributed by atoms with van der Waals surface area (Å²) in [5.41, 5.74) is 3.22. The number of alkyl halides is 1. The molecular formula is C33H33IO5S. The van der Waals surface area contributed by atoms with E-state index in [9.17, 15) is 13.2 Å². The van der Waals surface area contributed by atoms with Gasteiger partial charge in [0, 0.05) is 11.8 Å². The van der Waals surface area contributed by atoms with Crippen molar-refractivity contribution in [3.05, 3.63) is 113 Å². The number of ketones is 1. The highest BCUT2D eigenvalue weighted by molar-refractivity contribution is 14.1. The summed E-state index contributed by atoms with van der Waals surface area (Å²) >= 11 is 2.27. The van der Waals surface area contributed by atoms with Gasteiger partial charge in [-0.25, -0.2) is 8.42 Å². The molecule has 0 bridgehead atoms. The van der Waals surface area contributed by atoms with E-state index in [0.29, 0.717) is 23.5 Å². The standard InChI is InChI=1S/C33H33IO5S/c1-23-7-16-28(17-8-23)40(36,37)29-18-14-27(15-19-29)39-32-20-11-25(22-30(32)31(35)6-5-21-34)33(2,3)24-9-12-26(38-4)13-10-24/h7-20,22H,5-6,21H2,1-4H3. The fraction of sp³-hybridized carbons (Fsp3) is 0.242. The second-order valence-electron chi connectivity index (χ2n) is 10.2. The van der Waals surface area contributed by atoms with Crippen LogP contribution < -0.4 is 9.47 Å². The Hall–Kier alpha value is -3.17. The summed E-state index contributed by atoms with van der Waals surface area (Å²) in [7, 11) is -2.01. The molecule has 0 unspecified atom stereocenters. The van der Waals surface area contributed by atoms with Crippen LogP contribution in [0, 0.1) is 6.92 Å². The summed E-state index contributed by atoms with van der Waals surface area (Å²) in [5, 5.41) is 0. The van der Waals surface area contributed by atoms with E-state index in [1.165, 1.54) is 12.1 Å². The molecular weight excluding hydrogens is 635 g/mol. The zero-order chi connectivity index (χ0) is 28.9. The Balaban J connectivity index is 1.65. The molecule has 0 aliphatic heterocycles. The number of hydrogen-bond donors (Lipinski definition) is 0. The Morgan fingerprint density at radius 3 is 1.93 bits per heavy atom. The number of sulfone groups is 1. The van der Waals surface area contributed by atoms with Gasteiger partial charge in [0.05, 0.1) is 22.5 Å². The van der Waals surface area contributed by atoms with Gasteiger partial charge in [0.25, 0.3) is 0 Å². The minimum absolute atomic E-state index is 0.0117. The number of aryl methyl sites for hydroxylation is 1. The molecule has 0 amide bonds. The second kappa shape index (κ2) is 12.6. The first-order valence-electron chi connectivity index (χ1n) is 13.0. The summed E-state index contributed by atoms with van der Waals surface area (Å²) in [4.78, 5) is 13.7. The predicted octanol–water partition coefficient (Wildman–Crippen LogP) is 8.35. The van der Waals surface area contributed by atoms with E-state index >= 15 is 0 Å². The van der Waals surface area contributed by atoms with Crippen molar-refractivity contribution in [3.8, 4) is 17.2 Å². The first-order valence-corrected chi connectivity index (χ1v) is 16.0. The lowest BCUT2D eigenvalue weighted by Gasteiger charge is -2.27. The van der Waals surface area contributed by atoms with Gasteiger partial charge in [-0.1, -0.05) is 72.3 Å². The smallest absolute Gasteiger partial charge is 0.206 e. The first kappa shape index (κ1) is 29.8. The maximum atomic E-state index is 13.3. The van der Waals surface area contributed by atoms with Crippen molar-refractivity contribution in [2.45, 2.75) is 48.8 Å². The van der Waals surface area contributed by atoms with Crippen LogP contribution in [0.1, 0.15) is 53.7 Å². The Labute approximate surface area is 250 Å². The Bertz CT molecular complexity index is 1570. The third-order valence-electron chi connectivity index (χ3n) is 7.04. The Kier molecular flexibility index (Phi) is 9.36. The molecule has 0 spiro atoms. The molecule has 5 nitrogen and oxygen atoms in total. The average molecular weight is 669 g/mol. The van der Waals surface area contributed by atoms with Gasteiger partial charge in [-0.3, -0.25) is 4.79 Å². The lowest BCUT2D eigenvalue weighted by molar-refractivity contribution is 0.0980. The van der Waals surface area contributed by atoms with Crippen LogP contribution >= 0.6 is 22.6 Å². The minimum atomic E-state index is -3.65. The van der Waals surface area contributed by atoms with Gasteiger partial charge in [-0.05, 0) is 89.6 Å². The van der Waals surface area contributed by atoms with Gasteiger partial charge in [0.1, 0.15) is 17.2 Å². The molecule has 0 N–H and O–H groups in total. The van der Waals surface area contributed by atoms with Gasteiger partial charge in [0.15, 0.2) is 5.78 Å². The lowest BCUT2D eigenvalue weighted by atomic mass is 9.77. The van der Waals surface area contributed by atoms with Crippen molar-refractivity contribution in [1.29, 1.82) is 0 Å². The van der Waals surface area contributed by atoms with Crippen molar-refractivity contribution in [2.75, 3.05) is 11.5 Å². The van der Waals surface area contributed by atoms with Crippen LogP contribution in [0.2, 0.25) is 0 Å². The van der Waals surface area contributed by atoms with Crippen LogP contribution in [0.25, 0.3) is 0 Å². The molecule has 0 heterocycles. The number of carbonyl (C=O) groups excluding carboxylic acids is 1. The summed E-state index contributed by atoms with van der Waals surface area (Å²) in [6.45, 7) is 6.16. The Morgan fingerprint density at radius 1 is 0.800 bits per heavy atom. The summed E-state index contributed by atoms with van der Waals surface area (Å²) < 4.78 is 38.5. The summed E-state index contributed by atoms with van der Waals surface area (Å²) in [5.74, 6) is 1.70. The van der Waals surface area contributed by atoms with Crippen LogP contribution in [0.4, 0.5) is 0 Å². The van der Waals surface area contributed by atoms with Crippen molar-refractivity contribution < 1.29 is 22.7 Å². The number of hydrogen-bond acceptors (Lipinski definition) is 5. The fourth-order valence-corrected chi connectivity index (χ4v) is 6.07. The van der Waals surface area contributed by atoms with Crippen LogP contribution in [0.5, 0.6) is 17.2 Å². The van der Waals surface area contributed by atoms with Crippen LogP contribution in [0.3, 0.4) is 0 Å².